The number of amides is 2. The van der Waals surface area contributed by atoms with E-state index < -0.39 is 5.97 Å². The lowest BCUT2D eigenvalue weighted by Gasteiger charge is -2.36. The van der Waals surface area contributed by atoms with E-state index in [0.717, 1.165) is 38.8 Å². The third-order valence-corrected chi connectivity index (χ3v) is 3.96. The average Bonchev–Trinajstić information content (AvgIpc) is 2.43. The van der Waals surface area contributed by atoms with Crippen LogP contribution < -0.4 is 5.32 Å². The van der Waals surface area contributed by atoms with Crippen LogP contribution in [0.5, 0.6) is 0 Å². The predicted octanol–water partition coefficient (Wildman–Crippen LogP) is 1.76. The molecule has 6 nitrogen and oxygen atoms in total. The van der Waals surface area contributed by atoms with Gasteiger partial charge in [0, 0.05) is 25.0 Å². The molecule has 2 amide bonds. The van der Waals surface area contributed by atoms with Gasteiger partial charge in [-0.25, -0.2) is 4.79 Å². The standard InChI is InChI=1S/C15H29N3O3/c1-12(9-11-17(2)3)16-15(21)18-10-5-4-6-13(18)7-8-14(19)20/h12-13H,4-11H2,1-3H3,(H,16,21)(H,19,20). The molecular formula is C15H29N3O3. The summed E-state index contributed by atoms with van der Waals surface area (Å²) in [7, 11) is 4.03. The first-order chi connectivity index (χ1) is 9.90. The molecule has 1 aliphatic rings. The second-order valence-electron chi connectivity index (χ2n) is 6.22. The summed E-state index contributed by atoms with van der Waals surface area (Å²) in [4.78, 5) is 27.0. The van der Waals surface area contributed by atoms with Crippen molar-refractivity contribution in [2.24, 2.45) is 0 Å². The van der Waals surface area contributed by atoms with Gasteiger partial charge in [-0.3, -0.25) is 4.79 Å². The van der Waals surface area contributed by atoms with Gasteiger partial charge in [-0.1, -0.05) is 0 Å². The van der Waals surface area contributed by atoms with Crippen molar-refractivity contribution in [2.45, 2.75) is 57.5 Å². The molecule has 6 heteroatoms. The quantitative estimate of drug-likeness (QED) is 0.751. The number of carbonyl (C=O) groups excluding carboxylic acids is 1. The zero-order valence-corrected chi connectivity index (χ0v) is 13.5. The molecule has 1 saturated heterocycles. The van der Waals surface area contributed by atoms with Crippen molar-refractivity contribution in [3.8, 4) is 0 Å². The zero-order chi connectivity index (χ0) is 15.8. The molecule has 0 bridgehead atoms. The maximum atomic E-state index is 12.4. The van der Waals surface area contributed by atoms with Gasteiger partial charge in [-0.15, -0.1) is 0 Å². The number of carbonyl (C=O) groups is 2. The molecule has 0 saturated carbocycles. The highest BCUT2D eigenvalue weighted by molar-refractivity contribution is 5.75. The van der Waals surface area contributed by atoms with Crippen LogP contribution in [-0.2, 0) is 4.79 Å². The number of hydrogen-bond acceptors (Lipinski definition) is 3. The fourth-order valence-corrected chi connectivity index (χ4v) is 2.68. The Morgan fingerprint density at radius 3 is 2.71 bits per heavy atom. The molecule has 1 heterocycles. The molecule has 0 aromatic rings. The molecular weight excluding hydrogens is 270 g/mol. The first-order valence-electron chi connectivity index (χ1n) is 7.83. The van der Waals surface area contributed by atoms with E-state index in [9.17, 15) is 9.59 Å². The van der Waals surface area contributed by atoms with Gasteiger partial charge in [0.15, 0.2) is 0 Å². The second-order valence-corrected chi connectivity index (χ2v) is 6.22. The SMILES string of the molecule is CC(CCN(C)C)NC(=O)N1CCCCC1CCC(=O)O. The number of rotatable bonds is 7. The highest BCUT2D eigenvalue weighted by Crippen LogP contribution is 2.21. The average molecular weight is 299 g/mol. The van der Waals surface area contributed by atoms with E-state index in [2.05, 4.69) is 10.2 Å². The van der Waals surface area contributed by atoms with Crippen LogP contribution in [0.1, 0.15) is 45.4 Å². The number of piperidine rings is 1. The minimum absolute atomic E-state index is 0.0451. The predicted molar refractivity (Wildman–Crippen MR) is 82.4 cm³/mol. The number of hydrogen-bond donors (Lipinski definition) is 2. The number of nitrogens with zero attached hydrogens (tertiary/aromatic N) is 2. The number of urea groups is 1. The van der Waals surface area contributed by atoms with Gasteiger partial charge in [-0.2, -0.15) is 0 Å². The Morgan fingerprint density at radius 1 is 1.38 bits per heavy atom. The van der Waals surface area contributed by atoms with E-state index in [0.29, 0.717) is 6.42 Å². The molecule has 21 heavy (non-hydrogen) atoms. The van der Waals surface area contributed by atoms with Crippen LogP contribution in [0.25, 0.3) is 0 Å². The summed E-state index contributed by atoms with van der Waals surface area (Å²) >= 11 is 0. The molecule has 1 rings (SSSR count). The molecule has 2 unspecified atom stereocenters. The first-order valence-corrected chi connectivity index (χ1v) is 7.83. The Balaban J connectivity index is 2.46. The van der Waals surface area contributed by atoms with Crippen molar-refractivity contribution in [1.29, 1.82) is 0 Å². The largest absolute Gasteiger partial charge is 0.481 e. The summed E-state index contributed by atoms with van der Waals surface area (Å²) in [6.45, 7) is 3.68. The number of nitrogens with one attached hydrogen (secondary N) is 1. The summed E-state index contributed by atoms with van der Waals surface area (Å²) in [5.74, 6) is -0.791. The van der Waals surface area contributed by atoms with Gasteiger partial charge >= 0.3 is 12.0 Å². The van der Waals surface area contributed by atoms with Crippen LogP contribution in [0.3, 0.4) is 0 Å². The Morgan fingerprint density at radius 2 is 2.10 bits per heavy atom. The van der Waals surface area contributed by atoms with Crippen LogP contribution in [0.4, 0.5) is 4.79 Å². The van der Waals surface area contributed by atoms with Crippen LogP contribution in [0.15, 0.2) is 0 Å². The van der Waals surface area contributed by atoms with E-state index in [-0.39, 0.29) is 24.5 Å². The molecule has 2 atom stereocenters. The maximum absolute atomic E-state index is 12.4. The van der Waals surface area contributed by atoms with E-state index in [4.69, 9.17) is 5.11 Å². The third kappa shape index (κ3) is 6.80. The van der Waals surface area contributed by atoms with Crippen molar-refractivity contribution in [3.63, 3.8) is 0 Å². The fourth-order valence-electron chi connectivity index (χ4n) is 2.68. The lowest BCUT2D eigenvalue weighted by atomic mass is 9.98. The molecule has 0 aromatic heterocycles. The number of aliphatic carboxylic acids is 1. The highest BCUT2D eigenvalue weighted by atomic mass is 16.4. The zero-order valence-electron chi connectivity index (χ0n) is 13.5. The number of carboxylic acids is 1. The van der Waals surface area contributed by atoms with Crippen molar-refractivity contribution in [2.75, 3.05) is 27.2 Å². The van der Waals surface area contributed by atoms with E-state index in [1.165, 1.54) is 0 Å². The summed E-state index contributed by atoms with van der Waals surface area (Å²) in [6.07, 6.45) is 4.58. The highest BCUT2D eigenvalue weighted by Gasteiger charge is 2.27. The normalized spacial score (nSPS) is 20.4. The third-order valence-electron chi connectivity index (χ3n) is 3.96. The van der Waals surface area contributed by atoms with Crippen molar-refractivity contribution in [1.82, 2.24) is 15.1 Å². The number of likely N-dealkylation sites (tertiary alicyclic amines) is 1. The van der Waals surface area contributed by atoms with Crippen LogP contribution >= 0.6 is 0 Å². The smallest absolute Gasteiger partial charge is 0.317 e. The molecule has 0 aliphatic carbocycles. The Labute approximate surface area is 127 Å². The monoisotopic (exact) mass is 299 g/mol. The molecule has 1 aliphatic heterocycles. The maximum Gasteiger partial charge on any atom is 0.317 e. The van der Waals surface area contributed by atoms with E-state index in [1.807, 2.05) is 25.9 Å². The van der Waals surface area contributed by atoms with E-state index >= 15 is 0 Å². The second kappa shape index (κ2) is 8.87. The Kier molecular flexibility index (Phi) is 7.50. The summed E-state index contributed by atoms with van der Waals surface area (Å²) in [6, 6.07) is 0.147. The Hall–Kier alpha value is -1.30. The summed E-state index contributed by atoms with van der Waals surface area (Å²) in [5.41, 5.74) is 0. The lowest BCUT2D eigenvalue weighted by molar-refractivity contribution is -0.137. The summed E-state index contributed by atoms with van der Waals surface area (Å²) in [5, 5.41) is 11.8. The minimum Gasteiger partial charge on any atom is -0.481 e. The molecule has 0 radical (unpaired) electrons. The number of carboxylic acid groups (broad SMARTS) is 1. The molecule has 1 fully saturated rings. The van der Waals surface area contributed by atoms with Gasteiger partial charge in [0.2, 0.25) is 0 Å². The van der Waals surface area contributed by atoms with Gasteiger partial charge in [0.25, 0.3) is 0 Å². The Bertz CT molecular complexity index is 347. The van der Waals surface area contributed by atoms with Crippen molar-refractivity contribution >= 4 is 12.0 Å². The van der Waals surface area contributed by atoms with Crippen molar-refractivity contribution < 1.29 is 14.7 Å². The van der Waals surface area contributed by atoms with Crippen LogP contribution in [-0.4, -0.2) is 66.2 Å². The molecule has 0 aromatic carbocycles. The molecule has 122 valence electrons. The van der Waals surface area contributed by atoms with Gasteiger partial charge in [-0.05, 0) is 59.7 Å². The lowest BCUT2D eigenvalue weighted by Crippen LogP contribution is -2.51. The topological polar surface area (TPSA) is 72.9 Å². The summed E-state index contributed by atoms with van der Waals surface area (Å²) < 4.78 is 0. The van der Waals surface area contributed by atoms with E-state index in [1.54, 1.807) is 0 Å². The van der Waals surface area contributed by atoms with Gasteiger partial charge < -0.3 is 20.2 Å². The van der Waals surface area contributed by atoms with Crippen LogP contribution in [0, 0.1) is 0 Å². The fraction of sp³-hybridized carbons (Fsp3) is 0.867. The molecule has 0 spiro atoms. The van der Waals surface area contributed by atoms with Crippen molar-refractivity contribution in [3.05, 3.63) is 0 Å². The molecule has 2 N–H and O–H groups in total. The minimum atomic E-state index is -0.791. The van der Waals surface area contributed by atoms with Gasteiger partial charge in [0.05, 0.1) is 0 Å². The van der Waals surface area contributed by atoms with Crippen LogP contribution in [0.2, 0.25) is 0 Å². The van der Waals surface area contributed by atoms with Gasteiger partial charge in [0.1, 0.15) is 0 Å². The first kappa shape index (κ1) is 17.8.